The normalized spacial score (nSPS) is 21.9. The van der Waals surface area contributed by atoms with Crippen molar-refractivity contribution < 1.29 is 17.9 Å². The van der Waals surface area contributed by atoms with Crippen LogP contribution in [-0.2, 0) is 14.8 Å². The Hall–Kier alpha value is -1.55. The summed E-state index contributed by atoms with van der Waals surface area (Å²) in [7, 11) is -3.17. The monoisotopic (exact) mass is 410 g/mol. The highest BCUT2D eigenvalue weighted by molar-refractivity contribution is 7.88. The highest BCUT2D eigenvalue weighted by atomic mass is 32.2. The largest absolute Gasteiger partial charge is 0.381 e. The van der Waals surface area contributed by atoms with Gasteiger partial charge in [-0.25, -0.2) is 12.7 Å². The van der Waals surface area contributed by atoms with E-state index in [9.17, 15) is 13.2 Å². The third-order valence-corrected chi connectivity index (χ3v) is 6.87. The summed E-state index contributed by atoms with van der Waals surface area (Å²) < 4.78 is 30.8. The van der Waals surface area contributed by atoms with Crippen molar-refractivity contribution in [1.82, 2.24) is 19.5 Å². The Morgan fingerprint density at radius 1 is 1.32 bits per heavy atom. The molecule has 1 aromatic heterocycles. The minimum absolute atomic E-state index is 0.172. The fraction of sp³-hybridized carbons (Fsp3) is 0.684. The van der Waals surface area contributed by atoms with Crippen molar-refractivity contribution in [1.29, 1.82) is 0 Å². The minimum atomic E-state index is -3.17. The fourth-order valence-electron chi connectivity index (χ4n) is 4.07. The highest BCUT2D eigenvalue weighted by Crippen LogP contribution is 2.24. The lowest BCUT2D eigenvalue weighted by atomic mass is 10.0. The molecule has 0 aromatic carbocycles. The first-order valence-electron chi connectivity index (χ1n) is 9.84. The third-order valence-electron chi connectivity index (χ3n) is 5.60. The molecule has 28 heavy (non-hydrogen) atoms. The van der Waals surface area contributed by atoms with Gasteiger partial charge in [0.25, 0.3) is 5.91 Å². The van der Waals surface area contributed by atoms with Crippen molar-refractivity contribution in [2.24, 2.45) is 0 Å². The van der Waals surface area contributed by atoms with Crippen LogP contribution in [0, 0.1) is 6.92 Å². The summed E-state index contributed by atoms with van der Waals surface area (Å²) >= 11 is 0. The molecule has 9 heteroatoms. The van der Waals surface area contributed by atoms with Crippen molar-refractivity contribution in [3.63, 3.8) is 0 Å². The lowest BCUT2D eigenvalue weighted by Gasteiger charge is -2.38. The quantitative estimate of drug-likeness (QED) is 0.709. The Balaban J connectivity index is 1.61. The average molecular weight is 411 g/mol. The van der Waals surface area contributed by atoms with E-state index in [1.807, 2.05) is 19.1 Å². The number of ether oxygens (including phenoxy) is 1. The van der Waals surface area contributed by atoms with Gasteiger partial charge in [-0.15, -0.1) is 0 Å². The molecule has 1 aromatic rings. The van der Waals surface area contributed by atoms with Crippen LogP contribution in [0.2, 0.25) is 0 Å². The number of aryl methyl sites for hydroxylation is 1. The van der Waals surface area contributed by atoms with Gasteiger partial charge in [-0.3, -0.25) is 14.7 Å². The van der Waals surface area contributed by atoms with Crippen molar-refractivity contribution in [3.8, 4) is 0 Å². The molecular formula is C19H30N4O4S. The number of amides is 1. The Bertz CT molecular complexity index is 780. The zero-order valence-electron chi connectivity index (χ0n) is 16.6. The van der Waals surface area contributed by atoms with Gasteiger partial charge in [0.1, 0.15) is 5.69 Å². The van der Waals surface area contributed by atoms with E-state index >= 15 is 0 Å². The summed E-state index contributed by atoms with van der Waals surface area (Å²) in [5.74, 6) is -0.172. The van der Waals surface area contributed by atoms with Crippen LogP contribution in [0.4, 0.5) is 0 Å². The number of aromatic nitrogens is 1. The number of sulfonamides is 1. The van der Waals surface area contributed by atoms with Gasteiger partial charge in [-0.05, 0) is 37.8 Å². The summed E-state index contributed by atoms with van der Waals surface area (Å²) in [5, 5.41) is 2.97. The van der Waals surface area contributed by atoms with Gasteiger partial charge in [-0.2, -0.15) is 0 Å². The van der Waals surface area contributed by atoms with Crippen LogP contribution in [-0.4, -0.2) is 86.2 Å². The number of nitrogens with one attached hydrogen (secondary N) is 1. The van der Waals surface area contributed by atoms with Gasteiger partial charge < -0.3 is 10.1 Å². The van der Waals surface area contributed by atoms with E-state index in [1.54, 1.807) is 10.5 Å². The van der Waals surface area contributed by atoms with Crippen LogP contribution in [0.1, 0.15) is 35.3 Å². The number of hydrogen-bond acceptors (Lipinski definition) is 6. The van der Waals surface area contributed by atoms with Gasteiger partial charge in [0.15, 0.2) is 0 Å². The molecule has 0 saturated carbocycles. The van der Waals surface area contributed by atoms with Crippen molar-refractivity contribution in [3.05, 3.63) is 29.6 Å². The van der Waals surface area contributed by atoms with Crippen LogP contribution in [0.3, 0.4) is 0 Å². The zero-order chi connectivity index (χ0) is 20.1. The minimum Gasteiger partial charge on any atom is -0.381 e. The molecule has 2 fully saturated rings. The molecule has 0 bridgehead atoms. The molecule has 1 atom stereocenters. The summed E-state index contributed by atoms with van der Waals surface area (Å²) in [4.78, 5) is 19.0. The van der Waals surface area contributed by atoms with E-state index < -0.39 is 10.0 Å². The number of hydrogen-bond donors (Lipinski definition) is 1. The van der Waals surface area contributed by atoms with Crippen molar-refractivity contribution in [2.45, 2.75) is 38.3 Å². The molecule has 2 aliphatic rings. The molecule has 0 radical (unpaired) electrons. The number of nitrogens with zero attached hydrogens (tertiary/aromatic N) is 3. The van der Waals surface area contributed by atoms with Crippen LogP contribution in [0.25, 0.3) is 0 Å². The molecule has 2 aliphatic heterocycles. The molecular weight excluding hydrogens is 380 g/mol. The molecule has 1 unspecified atom stereocenters. The molecule has 156 valence electrons. The van der Waals surface area contributed by atoms with Crippen LogP contribution in [0.5, 0.6) is 0 Å². The summed E-state index contributed by atoms with van der Waals surface area (Å²) in [6.45, 7) is 5.58. The van der Waals surface area contributed by atoms with Crippen molar-refractivity contribution >= 4 is 15.9 Å². The maximum Gasteiger partial charge on any atom is 0.270 e. The molecule has 2 saturated heterocycles. The van der Waals surface area contributed by atoms with Gasteiger partial charge >= 0.3 is 0 Å². The Morgan fingerprint density at radius 3 is 2.71 bits per heavy atom. The molecule has 0 aliphatic carbocycles. The van der Waals surface area contributed by atoms with E-state index in [0.29, 0.717) is 37.9 Å². The molecule has 1 amide bonds. The topological polar surface area (TPSA) is 91.8 Å². The standard InChI is InChI=1S/C19H30N4O4S/c1-15-4-3-8-20-18(15)19(24)21-9-11-23(16-6-12-27-13-7-16)17-5-10-22(14-17)28(2,25)26/h3-4,8,16-17H,5-7,9-14H2,1-2H3,(H,21,24). The predicted molar refractivity (Wildman–Crippen MR) is 107 cm³/mol. The Labute approximate surface area is 167 Å². The number of rotatable bonds is 7. The third kappa shape index (κ3) is 5.28. The second-order valence-corrected chi connectivity index (χ2v) is 9.55. The van der Waals surface area contributed by atoms with Crippen molar-refractivity contribution in [2.75, 3.05) is 45.6 Å². The Kier molecular flexibility index (Phi) is 7.03. The van der Waals surface area contributed by atoms with E-state index in [1.165, 1.54) is 6.26 Å². The first-order chi connectivity index (χ1) is 13.4. The summed E-state index contributed by atoms with van der Waals surface area (Å²) in [6.07, 6.45) is 5.57. The average Bonchev–Trinajstić information content (AvgIpc) is 3.16. The number of pyridine rings is 1. The zero-order valence-corrected chi connectivity index (χ0v) is 17.5. The van der Waals surface area contributed by atoms with E-state index in [2.05, 4.69) is 15.2 Å². The SMILES string of the molecule is Cc1cccnc1C(=O)NCCN(C1CCOCC1)C1CCN(S(C)(=O)=O)C1. The first kappa shape index (κ1) is 21.2. The van der Waals surface area contributed by atoms with Crippen LogP contribution >= 0.6 is 0 Å². The second-order valence-electron chi connectivity index (χ2n) is 7.57. The van der Waals surface area contributed by atoms with Gasteiger partial charge in [0.2, 0.25) is 10.0 Å². The first-order valence-corrected chi connectivity index (χ1v) is 11.7. The van der Waals surface area contributed by atoms with E-state index in [0.717, 1.165) is 38.0 Å². The van der Waals surface area contributed by atoms with Crippen LogP contribution < -0.4 is 5.32 Å². The molecule has 1 N–H and O–H groups in total. The second kappa shape index (κ2) is 9.30. The van der Waals surface area contributed by atoms with Gasteiger partial charge in [-0.1, -0.05) is 6.07 Å². The lowest BCUT2D eigenvalue weighted by molar-refractivity contribution is 0.0194. The maximum atomic E-state index is 12.4. The molecule has 0 spiro atoms. The fourth-order valence-corrected chi connectivity index (χ4v) is 4.95. The van der Waals surface area contributed by atoms with E-state index in [4.69, 9.17) is 4.74 Å². The van der Waals surface area contributed by atoms with Gasteiger partial charge in [0.05, 0.1) is 6.26 Å². The Morgan fingerprint density at radius 2 is 2.07 bits per heavy atom. The molecule has 8 nitrogen and oxygen atoms in total. The molecule has 3 rings (SSSR count). The highest BCUT2D eigenvalue weighted by Gasteiger charge is 2.35. The van der Waals surface area contributed by atoms with Gasteiger partial charge in [0, 0.05) is 57.7 Å². The summed E-state index contributed by atoms with van der Waals surface area (Å²) in [5.41, 5.74) is 1.30. The smallest absolute Gasteiger partial charge is 0.270 e. The summed E-state index contributed by atoms with van der Waals surface area (Å²) in [6, 6.07) is 4.21. The van der Waals surface area contributed by atoms with E-state index in [-0.39, 0.29) is 11.9 Å². The molecule has 3 heterocycles. The number of carbonyl (C=O) groups excluding carboxylic acids is 1. The number of carbonyl (C=O) groups is 1. The lowest BCUT2D eigenvalue weighted by Crippen LogP contribution is -2.50. The predicted octanol–water partition coefficient (Wildman–Crippen LogP) is 0.635. The maximum absolute atomic E-state index is 12.4. The van der Waals surface area contributed by atoms with Crippen LogP contribution in [0.15, 0.2) is 18.3 Å².